The van der Waals surface area contributed by atoms with Crippen molar-refractivity contribution in [3.8, 4) is 28.3 Å². The summed E-state index contributed by atoms with van der Waals surface area (Å²) in [4.78, 5) is 17.1. The number of carbonyl (C=O) groups is 1. The SMILES string of the molecule is COc1ccc(-c2cccc(-c3nc4cccc5c4n3CCC5=O)c2)cc1. The highest BCUT2D eigenvalue weighted by Gasteiger charge is 2.23. The van der Waals surface area contributed by atoms with Crippen LogP contribution in [0.2, 0.25) is 0 Å². The lowest BCUT2D eigenvalue weighted by molar-refractivity contribution is 0.0973. The van der Waals surface area contributed by atoms with Crippen molar-refractivity contribution in [3.63, 3.8) is 0 Å². The Labute approximate surface area is 157 Å². The fourth-order valence-electron chi connectivity index (χ4n) is 3.82. The molecule has 0 amide bonds. The highest BCUT2D eigenvalue weighted by atomic mass is 16.5. The molecule has 27 heavy (non-hydrogen) atoms. The quantitative estimate of drug-likeness (QED) is 0.522. The van der Waals surface area contributed by atoms with Crippen LogP contribution in [0.15, 0.2) is 66.7 Å². The lowest BCUT2D eigenvalue weighted by Crippen LogP contribution is -2.14. The average Bonchev–Trinajstić information content (AvgIpc) is 3.11. The molecule has 2 heterocycles. The fourth-order valence-corrected chi connectivity index (χ4v) is 3.82. The lowest BCUT2D eigenvalue weighted by Gasteiger charge is -2.16. The van der Waals surface area contributed by atoms with Crippen LogP contribution in [0.5, 0.6) is 5.75 Å². The number of aromatic nitrogens is 2. The number of aryl methyl sites for hydroxylation is 1. The summed E-state index contributed by atoms with van der Waals surface area (Å²) >= 11 is 0. The van der Waals surface area contributed by atoms with Crippen molar-refractivity contribution < 1.29 is 9.53 Å². The maximum Gasteiger partial charge on any atom is 0.166 e. The summed E-state index contributed by atoms with van der Waals surface area (Å²) in [5, 5.41) is 0. The summed E-state index contributed by atoms with van der Waals surface area (Å²) in [5.74, 6) is 1.96. The van der Waals surface area contributed by atoms with E-state index in [9.17, 15) is 4.79 Å². The number of methoxy groups -OCH3 is 1. The topological polar surface area (TPSA) is 44.1 Å². The molecule has 0 N–H and O–H groups in total. The minimum atomic E-state index is 0.200. The number of Topliss-reactive ketones (excluding diaryl/α,β-unsaturated/α-hetero) is 1. The smallest absolute Gasteiger partial charge is 0.166 e. The first-order chi connectivity index (χ1) is 13.2. The first-order valence-electron chi connectivity index (χ1n) is 9.02. The highest BCUT2D eigenvalue weighted by molar-refractivity contribution is 6.08. The summed E-state index contributed by atoms with van der Waals surface area (Å²) in [7, 11) is 1.67. The van der Waals surface area contributed by atoms with Gasteiger partial charge in [-0.25, -0.2) is 4.98 Å². The number of benzene rings is 3. The monoisotopic (exact) mass is 354 g/mol. The molecule has 0 fully saturated rings. The van der Waals surface area contributed by atoms with Crippen LogP contribution in [0.3, 0.4) is 0 Å². The molecule has 5 rings (SSSR count). The Morgan fingerprint density at radius 2 is 1.70 bits per heavy atom. The molecule has 0 saturated heterocycles. The van der Waals surface area contributed by atoms with Gasteiger partial charge in [0.05, 0.1) is 18.1 Å². The maximum atomic E-state index is 12.3. The zero-order chi connectivity index (χ0) is 18.4. The van der Waals surface area contributed by atoms with Gasteiger partial charge in [0.2, 0.25) is 0 Å². The first-order valence-corrected chi connectivity index (χ1v) is 9.02. The van der Waals surface area contributed by atoms with Gasteiger partial charge in [0.15, 0.2) is 5.78 Å². The predicted molar refractivity (Wildman–Crippen MR) is 106 cm³/mol. The Bertz CT molecular complexity index is 1170. The molecule has 0 aliphatic carbocycles. The third-order valence-corrected chi connectivity index (χ3v) is 5.17. The van der Waals surface area contributed by atoms with Crippen molar-refractivity contribution in [1.29, 1.82) is 0 Å². The summed E-state index contributed by atoms with van der Waals surface area (Å²) in [6.45, 7) is 0.675. The number of carbonyl (C=O) groups excluding carboxylic acids is 1. The molecule has 1 aliphatic rings. The Morgan fingerprint density at radius 3 is 2.52 bits per heavy atom. The van der Waals surface area contributed by atoms with Gasteiger partial charge in [0.1, 0.15) is 11.6 Å². The van der Waals surface area contributed by atoms with E-state index in [1.807, 2.05) is 30.3 Å². The van der Waals surface area contributed by atoms with Crippen molar-refractivity contribution in [3.05, 3.63) is 72.3 Å². The molecule has 3 aromatic carbocycles. The number of ketones is 1. The van der Waals surface area contributed by atoms with Crippen LogP contribution in [0.1, 0.15) is 16.8 Å². The fraction of sp³-hybridized carbons (Fsp3) is 0.130. The zero-order valence-electron chi connectivity index (χ0n) is 15.0. The first kappa shape index (κ1) is 15.8. The highest BCUT2D eigenvalue weighted by Crippen LogP contribution is 2.33. The standard InChI is InChI=1S/C23H18N2O2/c1-27-18-10-8-15(9-11-18)16-4-2-5-17(14-16)23-24-20-7-3-6-19-21(26)12-13-25(23)22(19)20/h2-11,14H,12-13H2,1H3. The maximum absolute atomic E-state index is 12.3. The Morgan fingerprint density at radius 1 is 0.926 bits per heavy atom. The second kappa shape index (κ2) is 6.09. The zero-order valence-corrected chi connectivity index (χ0v) is 15.0. The Kier molecular flexibility index (Phi) is 3.57. The molecule has 0 unspecified atom stereocenters. The molecule has 0 spiro atoms. The van der Waals surface area contributed by atoms with E-state index in [-0.39, 0.29) is 5.78 Å². The molecule has 0 radical (unpaired) electrons. The Balaban J connectivity index is 1.65. The molecule has 132 valence electrons. The van der Waals surface area contributed by atoms with Crippen molar-refractivity contribution >= 4 is 16.8 Å². The van der Waals surface area contributed by atoms with Crippen molar-refractivity contribution in [1.82, 2.24) is 9.55 Å². The van der Waals surface area contributed by atoms with Crippen LogP contribution in [-0.2, 0) is 6.54 Å². The number of hydrogen-bond acceptors (Lipinski definition) is 3. The van der Waals surface area contributed by atoms with Gasteiger partial charge < -0.3 is 9.30 Å². The number of rotatable bonds is 3. The molecule has 0 bridgehead atoms. The summed E-state index contributed by atoms with van der Waals surface area (Å²) in [6, 6.07) is 22.2. The number of nitrogens with zero attached hydrogens (tertiary/aromatic N) is 2. The molecule has 4 aromatic rings. The largest absolute Gasteiger partial charge is 0.497 e. The third kappa shape index (κ3) is 2.53. The van der Waals surface area contributed by atoms with Gasteiger partial charge in [0, 0.05) is 24.1 Å². The summed E-state index contributed by atoms with van der Waals surface area (Å²) < 4.78 is 7.43. The normalized spacial score (nSPS) is 13.1. The molecule has 4 heteroatoms. The van der Waals surface area contributed by atoms with Crippen molar-refractivity contribution in [2.45, 2.75) is 13.0 Å². The van der Waals surface area contributed by atoms with Gasteiger partial charge in [-0.15, -0.1) is 0 Å². The van der Waals surface area contributed by atoms with E-state index in [4.69, 9.17) is 9.72 Å². The van der Waals surface area contributed by atoms with Gasteiger partial charge in [0.25, 0.3) is 0 Å². The van der Waals surface area contributed by atoms with Gasteiger partial charge in [-0.05, 0) is 41.5 Å². The molecule has 4 nitrogen and oxygen atoms in total. The van der Waals surface area contributed by atoms with Crippen molar-refractivity contribution in [2.24, 2.45) is 0 Å². The predicted octanol–water partition coefficient (Wildman–Crippen LogP) is 4.97. The third-order valence-electron chi connectivity index (χ3n) is 5.17. The Hall–Kier alpha value is -3.40. The van der Waals surface area contributed by atoms with Crippen LogP contribution in [0, 0.1) is 0 Å². The minimum absolute atomic E-state index is 0.200. The van der Waals surface area contributed by atoms with Crippen LogP contribution in [0.25, 0.3) is 33.5 Å². The molecular weight excluding hydrogens is 336 g/mol. The molecule has 1 aromatic heterocycles. The molecule has 1 aliphatic heterocycles. The van der Waals surface area contributed by atoms with Gasteiger partial charge in [-0.2, -0.15) is 0 Å². The summed E-state index contributed by atoms with van der Waals surface area (Å²) in [5.41, 5.74) is 5.93. The van der Waals surface area contributed by atoms with Crippen LogP contribution in [0.4, 0.5) is 0 Å². The number of para-hydroxylation sites is 1. The molecule has 0 atom stereocenters. The van der Waals surface area contributed by atoms with E-state index in [1.165, 1.54) is 0 Å². The van der Waals surface area contributed by atoms with Crippen LogP contribution >= 0.6 is 0 Å². The summed E-state index contributed by atoms with van der Waals surface area (Å²) in [6.07, 6.45) is 0.521. The minimum Gasteiger partial charge on any atom is -0.497 e. The average molecular weight is 354 g/mol. The number of ether oxygens (including phenoxy) is 1. The van der Waals surface area contributed by atoms with Gasteiger partial charge in [-0.3, -0.25) is 4.79 Å². The van der Waals surface area contributed by atoms with Crippen molar-refractivity contribution in [2.75, 3.05) is 7.11 Å². The van der Waals surface area contributed by atoms with E-state index in [0.717, 1.165) is 44.9 Å². The second-order valence-electron chi connectivity index (χ2n) is 6.74. The van der Waals surface area contributed by atoms with Gasteiger partial charge >= 0.3 is 0 Å². The van der Waals surface area contributed by atoms with E-state index in [2.05, 4.69) is 41.0 Å². The second-order valence-corrected chi connectivity index (χ2v) is 6.74. The van der Waals surface area contributed by atoms with E-state index < -0.39 is 0 Å². The number of imidazole rings is 1. The molecule has 0 saturated carbocycles. The van der Waals surface area contributed by atoms with E-state index in [0.29, 0.717) is 13.0 Å². The lowest BCUT2D eigenvalue weighted by atomic mass is 10.0. The van der Waals surface area contributed by atoms with Gasteiger partial charge in [-0.1, -0.05) is 36.4 Å². The molecular formula is C23H18N2O2. The van der Waals surface area contributed by atoms with Crippen LogP contribution < -0.4 is 4.74 Å². The number of hydrogen-bond donors (Lipinski definition) is 0. The van der Waals surface area contributed by atoms with Crippen LogP contribution in [-0.4, -0.2) is 22.4 Å². The van der Waals surface area contributed by atoms with E-state index >= 15 is 0 Å². The van der Waals surface area contributed by atoms with E-state index in [1.54, 1.807) is 7.11 Å².